The molecule has 0 amide bonds. The van der Waals surface area contributed by atoms with Crippen molar-refractivity contribution in [1.29, 1.82) is 0 Å². The molecule has 1 saturated carbocycles. The van der Waals surface area contributed by atoms with Gasteiger partial charge in [0.15, 0.2) is 0 Å². The molecule has 1 aromatic carbocycles. The summed E-state index contributed by atoms with van der Waals surface area (Å²) in [5, 5.41) is 14.6. The van der Waals surface area contributed by atoms with Gasteiger partial charge in [0.1, 0.15) is 0 Å². The lowest BCUT2D eigenvalue weighted by Gasteiger charge is -2.31. The second-order valence-electron chi connectivity index (χ2n) is 6.17. The number of hydrogen-bond acceptors (Lipinski definition) is 3. The summed E-state index contributed by atoms with van der Waals surface area (Å²) in [7, 11) is 0. The van der Waals surface area contributed by atoms with Crippen molar-refractivity contribution < 1.29 is 4.92 Å². The van der Waals surface area contributed by atoms with Crippen LogP contribution in [0.25, 0.3) is 0 Å². The lowest BCUT2D eigenvalue weighted by atomic mass is 9.84. The first-order valence-electron chi connectivity index (χ1n) is 8.12. The highest BCUT2D eigenvalue weighted by atomic mass is 16.6. The van der Waals surface area contributed by atoms with E-state index < -0.39 is 0 Å². The Morgan fingerprint density at radius 3 is 2.67 bits per heavy atom. The number of benzene rings is 1. The summed E-state index contributed by atoms with van der Waals surface area (Å²) in [4.78, 5) is 10.6. The topological polar surface area (TPSA) is 55.2 Å². The summed E-state index contributed by atoms with van der Waals surface area (Å²) in [6.07, 6.45) is 7.59. The fourth-order valence-corrected chi connectivity index (χ4v) is 3.39. The lowest BCUT2D eigenvalue weighted by Crippen LogP contribution is -2.37. The van der Waals surface area contributed by atoms with Gasteiger partial charge in [-0.2, -0.15) is 0 Å². The van der Waals surface area contributed by atoms with E-state index in [2.05, 4.69) is 19.2 Å². The van der Waals surface area contributed by atoms with Crippen LogP contribution in [-0.4, -0.2) is 11.0 Å². The van der Waals surface area contributed by atoms with Crippen molar-refractivity contribution in [2.45, 2.75) is 64.5 Å². The predicted molar refractivity (Wildman–Crippen MR) is 85.3 cm³/mol. The number of non-ortho nitro benzene ring substituents is 1. The molecule has 2 rings (SSSR count). The average Bonchev–Trinajstić information content (AvgIpc) is 2.53. The molecule has 0 saturated heterocycles. The molecule has 1 aromatic rings. The predicted octanol–water partition coefficient (Wildman–Crippen LogP) is 4.60. The Morgan fingerprint density at radius 2 is 2.05 bits per heavy atom. The summed E-state index contributed by atoms with van der Waals surface area (Å²) in [5.41, 5.74) is 1.20. The van der Waals surface area contributed by atoms with Crippen molar-refractivity contribution in [3.63, 3.8) is 0 Å². The van der Waals surface area contributed by atoms with Gasteiger partial charge in [0.25, 0.3) is 5.69 Å². The normalized spacial score (nSPS) is 19.1. The monoisotopic (exact) mass is 290 g/mol. The molecule has 2 unspecified atom stereocenters. The number of nitrogens with zero attached hydrogens (tertiary/aromatic N) is 1. The van der Waals surface area contributed by atoms with E-state index in [0.29, 0.717) is 6.04 Å². The maximum absolute atomic E-state index is 10.9. The summed E-state index contributed by atoms with van der Waals surface area (Å²) in [6.45, 7) is 4.39. The minimum Gasteiger partial charge on any atom is -0.307 e. The van der Waals surface area contributed by atoms with Crippen molar-refractivity contribution in [3.05, 3.63) is 39.9 Å². The molecule has 21 heavy (non-hydrogen) atoms. The van der Waals surface area contributed by atoms with Gasteiger partial charge >= 0.3 is 0 Å². The third-order valence-electron chi connectivity index (χ3n) is 4.71. The molecule has 116 valence electrons. The van der Waals surface area contributed by atoms with Crippen LogP contribution in [0.5, 0.6) is 0 Å². The van der Waals surface area contributed by atoms with Crippen LogP contribution >= 0.6 is 0 Å². The third-order valence-corrected chi connectivity index (χ3v) is 4.71. The Labute approximate surface area is 127 Å². The maximum Gasteiger partial charge on any atom is 0.269 e. The van der Waals surface area contributed by atoms with E-state index in [9.17, 15) is 10.1 Å². The summed E-state index contributed by atoms with van der Waals surface area (Å²) >= 11 is 0. The second-order valence-corrected chi connectivity index (χ2v) is 6.17. The Bertz CT molecular complexity index is 470. The van der Waals surface area contributed by atoms with Crippen molar-refractivity contribution in [2.24, 2.45) is 5.92 Å². The van der Waals surface area contributed by atoms with E-state index in [1.807, 2.05) is 6.07 Å². The van der Waals surface area contributed by atoms with Crippen LogP contribution in [0.1, 0.15) is 64.0 Å². The quantitative estimate of drug-likeness (QED) is 0.615. The van der Waals surface area contributed by atoms with Gasteiger partial charge in [-0.3, -0.25) is 10.1 Å². The van der Waals surface area contributed by atoms with E-state index >= 15 is 0 Å². The molecule has 1 aliphatic rings. The van der Waals surface area contributed by atoms with Gasteiger partial charge in [-0.1, -0.05) is 38.3 Å². The van der Waals surface area contributed by atoms with Crippen molar-refractivity contribution in [2.75, 3.05) is 0 Å². The molecule has 0 heterocycles. The molecule has 1 fully saturated rings. The third kappa shape index (κ3) is 4.27. The number of hydrogen-bond donors (Lipinski definition) is 1. The number of nitrogens with one attached hydrogen (secondary N) is 1. The van der Waals surface area contributed by atoms with Crippen LogP contribution in [0.2, 0.25) is 0 Å². The largest absolute Gasteiger partial charge is 0.307 e. The number of rotatable bonds is 6. The van der Waals surface area contributed by atoms with Crippen LogP contribution < -0.4 is 5.32 Å². The van der Waals surface area contributed by atoms with Gasteiger partial charge < -0.3 is 5.32 Å². The Kier molecular flexibility index (Phi) is 5.74. The number of nitro benzene ring substituents is 1. The van der Waals surface area contributed by atoms with Crippen LogP contribution in [0.4, 0.5) is 5.69 Å². The van der Waals surface area contributed by atoms with Gasteiger partial charge in [-0.25, -0.2) is 0 Å². The van der Waals surface area contributed by atoms with Gasteiger partial charge in [0.05, 0.1) is 4.92 Å². The highest BCUT2D eigenvalue weighted by molar-refractivity contribution is 5.35. The molecule has 0 radical (unpaired) electrons. The van der Waals surface area contributed by atoms with Gasteiger partial charge in [-0.05, 0) is 37.7 Å². The Morgan fingerprint density at radius 1 is 1.33 bits per heavy atom. The minimum atomic E-state index is -0.319. The van der Waals surface area contributed by atoms with Gasteiger partial charge in [-0.15, -0.1) is 0 Å². The molecular formula is C17H26N2O2. The van der Waals surface area contributed by atoms with E-state index in [-0.39, 0.29) is 16.7 Å². The highest BCUT2D eigenvalue weighted by Crippen LogP contribution is 2.29. The van der Waals surface area contributed by atoms with Crippen LogP contribution in [0.3, 0.4) is 0 Å². The van der Waals surface area contributed by atoms with E-state index in [1.165, 1.54) is 32.1 Å². The van der Waals surface area contributed by atoms with E-state index in [1.54, 1.807) is 18.2 Å². The first-order valence-corrected chi connectivity index (χ1v) is 8.12. The first-order chi connectivity index (χ1) is 10.1. The molecule has 4 nitrogen and oxygen atoms in total. The Balaban J connectivity index is 2.04. The summed E-state index contributed by atoms with van der Waals surface area (Å²) < 4.78 is 0. The second kappa shape index (κ2) is 7.55. The van der Waals surface area contributed by atoms with Crippen LogP contribution in [-0.2, 0) is 0 Å². The van der Waals surface area contributed by atoms with Crippen molar-refractivity contribution in [3.8, 4) is 0 Å². The molecule has 0 aliphatic heterocycles. The summed E-state index contributed by atoms with van der Waals surface area (Å²) in [6, 6.07) is 7.69. The fraction of sp³-hybridized carbons (Fsp3) is 0.647. The highest BCUT2D eigenvalue weighted by Gasteiger charge is 2.23. The van der Waals surface area contributed by atoms with Crippen LogP contribution in [0.15, 0.2) is 24.3 Å². The van der Waals surface area contributed by atoms with Crippen molar-refractivity contribution >= 4 is 5.69 Å². The molecular weight excluding hydrogens is 264 g/mol. The molecule has 2 atom stereocenters. The van der Waals surface area contributed by atoms with Gasteiger partial charge in [0.2, 0.25) is 0 Å². The zero-order valence-corrected chi connectivity index (χ0v) is 13.0. The molecule has 0 aromatic heterocycles. The smallest absolute Gasteiger partial charge is 0.269 e. The number of nitro groups is 1. The van der Waals surface area contributed by atoms with Crippen molar-refractivity contribution in [1.82, 2.24) is 5.32 Å². The average molecular weight is 290 g/mol. The molecule has 1 N–H and O–H groups in total. The Hall–Kier alpha value is -1.42. The zero-order valence-electron chi connectivity index (χ0n) is 13.0. The SMILES string of the molecule is CCC(NC(C)C1CCCCC1)c1cccc([N+](=O)[O-])c1. The van der Waals surface area contributed by atoms with E-state index in [4.69, 9.17) is 0 Å². The molecule has 1 aliphatic carbocycles. The lowest BCUT2D eigenvalue weighted by molar-refractivity contribution is -0.384. The first kappa shape index (κ1) is 16.0. The summed E-state index contributed by atoms with van der Waals surface area (Å²) in [5.74, 6) is 0.742. The molecule has 0 spiro atoms. The fourth-order valence-electron chi connectivity index (χ4n) is 3.39. The van der Waals surface area contributed by atoms with Gasteiger partial charge in [0, 0.05) is 24.2 Å². The molecule has 4 heteroatoms. The van der Waals surface area contributed by atoms with Crippen LogP contribution in [0, 0.1) is 16.0 Å². The standard InChI is InChI=1S/C17H26N2O2/c1-3-17(15-10-7-11-16(12-15)19(20)21)18-13(2)14-8-5-4-6-9-14/h7,10-14,17-18H,3-6,8-9H2,1-2H3. The maximum atomic E-state index is 10.9. The van der Waals surface area contributed by atoms with E-state index in [0.717, 1.165) is 17.9 Å². The minimum absolute atomic E-state index is 0.179. The zero-order chi connectivity index (χ0) is 15.2. The molecule has 0 bridgehead atoms.